The summed E-state index contributed by atoms with van der Waals surface area (Å²) in [6.45, 7) is 2.15. The monoisotopic (exact) mass is 400 g/mol. The van der Waals surface area contributed by atoms with Crippen molar-refractivity contribution >= 4 is 35.1 Å². The van der Waals surface area contributed by atoms with Gasteiger partial charge >= 0.3 is 0 Å². The van der Waals surface area contributed by atoms with Crippen molar-refractivity contribution in [2.75, 3.05) is 40.8 Å². The van der Waals surface area contributed by atoms with Crippen LogP contribution < -0.4 is 5.32 Å². The summed E-state index contributed by atoms with van der Waals surface area (Å²) in [7, 11) is 5.36. The van der Waals surface area contributed by atoms with E-state index in [9.17, 15) is 4.79 Å². The number of ether oxygens (including phenoxy) is 1. The van der Waals surface area contributed by atoms with Gasteiger partial charge in [0.2, 0.25) is 5.91 Å². The summed E-state index contributed by atoms with van der Waals surface area (Å²) in [6.07, 6.45) is 2.30. The zero-order valence-electron chi connectivity index (χ0n) is 15.5. The molecule has 144 valence electrons. The van der Waals surface area contributed by atoms with Crippen molar-refractivity contribution < 1.29 is 9.53 Å². The maximum Gasteiger partial charge on any atom is 0.243 e. The number of nitrogens with zero attached hydrogens (tertiary/aromatic N) is 3. The van der Waals surface area contributed by atoms with Crippen molar-refractivity contribution in [1.29, 1.82) is 0 Å². The van der Waals surface area contributed by atoms with Crippen LogP contribution in [0, 0.1) is 0 Å². The van der Waals surface area contributed by atoms with Gasteiger partial charge in [0.15, 0.2) is 5.96 Å². The summed E-state index contributed by atoms with van der Waals surface area (Å²) in [5.41, 5.74) is 1.01. The van der Waals surface area contributed by atoms with Crippen LogP contribution in [0.5, 0.6) is 0 Å². The number of benzene rings is 1. The predicted molar refractivity (Wildman–Crippen MR) is 106 cm³/mol. The van der Waals surface area contributed by atoms with Gasteiger partial charge in [-0.3, -0.25) is 4.79 Å². The Morgan fingerprint density at radius 3 is 2.69 bits per heavy atom. The molecule has 1 aromatic carbocycles. The number of carbonyl (C=O) groups excluding carboxylic acids is 1. The fourth-order valence-corrected chi connectivity index (χ4v) is 2.91. The quantitative estimate of drug-likeness (QED) is 0.588. The smallest absolute Gasteiger partial charge is 0.243 e. The number of amides is 1. The van der Waals surface area contributed by atoms with Crippen LogP contribution in [0.4, 0.5) is 0 Å². The molecule has 1 aliphatic heterocycles. The van der Waals surface area contributed by atoms with Gasteiger partial charge < -0.3 is 19.9 Å². The summed E-state index contributed by atoms with van der Waals surface area (Å²) in [5.74, 6) is 0.603. The molecule has 1 unspecified atom stereocenters. The van der Waals surface area contributed by atoms with E-state index in [1.54, 1.807) is 20.2 Å². The zero-order valence-corrected chi connectivity index (χ0v) is 17.0. The topological polar surface area (TPSA) is 57.2 Å². The highest BCUT2D eigenvalue weighted by Crippen LogP contribution is 2.23. The molecule has 1 saturated heterocycles. The fourth-order valence-electron chi connectivity index (χ4n) is 2.59. The van der Waals surface area contributed by atoms with Crippen molar-refractivity contribution in [3.8, 4) is 0 Å². The van der Waals surface area contributed by atoms with Gasteiger partial charge in [-0.1, -0.05) is 29.3 Å². The Bertz CT molecular complexity index is 646. The molecule has 1 amide bonds. The Hall–Kier alpha value is -1.50. The molecule has 0 saturated carbocycles. The van der Waals surface area contributed by atoms with Gasteiger partial charge in [0.05, 0.1) is 16.1 Å². The molecule has 0 aliphatic carbocycles. The summed E-state index contributed by atoms with van der Waals surface area (Å²) in [4.78, 5) is 19.8. The first-order valence-electron chi connectivity index (χ1n) is 8.62. The van der Waals surface area contributed by atoms with Crippen LogP contribution in [-0.4, -0.2) is 68.6 Å². The maximum atomic E-state index is 11.9. The summed E-state index contributed by atoms with van der Waals surface area (Å²) >= 11 is 12.1. The molecule has 1 heterocycles. The van der Waals surface area contributed by atoms with E-state index < -0.39 is 0 Å². The largest absolute Gasteiger partial charge is 0.376 e. The summed E-state index contributed by atoms with van der Waals surface area (Å²) < 4.78 is 5.65. The van der Waals surface area contributed by atoms with E-state index in [1.165, 1.54) is 4.90 Å². The van der Waals surface area contributed by atoms with Gasteiger partial charge in [-0.05, 0) is 30.5 Å². The minimum atomic E-state index is -0.0515. The lowest BCUT2D eigenvalue weighted by Gasteiger charge is -2.24. The molecule has 1 atom stereocenters. The number of hydrogen-bond donors (Lipinski definition) is 1. The van der Waals surface area contributed by atoms with E-state index in [-0.39, 0.29) is 18.6 Å². The van der Waals surface area contributed by atoms with Gasteiger partial charge in [0.25, 0.3) is 0 Å². The van der Waals surface area contributed by atoms with E-state index in [1.807, 2.05) is 24.1 Å². The molecular formula is C18H26Cl2N4O2. The second-order valence-corrected chi connectivity index (χ2v) is 7.36. The molecule has 0 bridgehead atoms. The molecule has 1 aliphatic rings. The van der Waals surface area contributed by atoms with Crippen LogP contribution in [0.2, 0.25) is 10.0 Å². The molecule has 1 aromatic rings. The Labute approximate surface area is 165 Å². The first kappa shape index (κ1) is 20.8. The van der Waals surface area contributed by atoms with E-state index in [4.69, 9.17) is 27.9 Å². The molecule has 1 N–H and O–H groups in total. The second kappa shape index (κ2) is 10.00. The SMILES string of the molecule is CN(C)C(=O)CN=C(NCC1CCCO1)N(C)Cc1ccc(Cl)c(Cl)c1. The highest BCUT2D eigenvalue weighted by molar-refractivity contribution is 6.42. The first-order valence-corrected chi connectivity index (χ1v) is 9.37. The number of likely N-dealkylation sites (N-methyl/N-ethyl adjacent to an activating group) is 1. The van der Waals surface area contributed by atoms with Crippen LogP contribution in [0.3, 0.4) is 0 Å². The number of hydrogen-bond acceptors (Lipinski definition) is 3. The van der Waals surface area contributed by atoms with Crippen LogP contribution in [0.15, 0.2) is 23.2 Å². The third-order valence-electron chi connectivity index (χ3n) is 4.14. The number of rotatable bonds is 6. The minimum absolute atomic E-state index is 0.0515. The average Bonchev–Trinajstić information content (AvgIpc) is 3.11. The van der Waals surface area contributed by atoms with Crippen molar-refractivity contribution in [2.24, 2.45) is 4.99 Å². The van der Waals surface area contributed by atoms with Crippen LogP contribution >= 0.6 is 23.2 Å². The molecule has 8 heteroatoms. The van der Waals surface area contributed by atoms with Gasteiger partial charge in [-0.2, -0.15) is 0 Å². The maximum absolute atomic E-state index is 11.9. The van der Waals surface area contributed by atoms with Gasteiger partial charge in [0.1, 0.15) is 6.54 Å². The van der Waals surface area contributed by atoms with Crippen LogP contribution in [-0.2, 0) is 16.1 Å². The zero-order chi connectivity index (χ0) is 19.1. The average molecular weight is 401 g/mol. The van der Waals surface area contributed by atoms with Crippen LogP contribution in [0.25, 0.3) is 0 Å². The molecule has 1 fully saturated rings. The van der Waals surface area contributed by atoms with Crippen molar-refractivity contribution in [3.63, 3.8) is 0 Å². The van der Waals surface area contributed by atoms with Crippen molar-refractivity contribution in [1.82, 2.24) is 15.1 Å². The lowest BCUT2D eigenvalue weighted by molar-refractivity contribution is -0.127. The molecule has 0 aromatic heterocycles. The van der Waals surface area contributed by atoms with E-state index in [2.05, 4.69) is 10.3 Å². The van der Waals surface area contributed by atoms with E-state index in [0.29, 0.717) is 29.1 Å². The van der Waals surface area contributed by atoms with Crippen molar-refractivity contribution in [3.05, 3.63) is 33.8 Å². The molecule has 2 rings (SSSR count). The molecule has 0 radical (unpaired) electrons. The van der Waals surface area contributed by atoms with E-state index in [0.717, 1.165) is 25.0 Å². The van der Waals surface area contributed by atoms with E-state index >= 15 is 0 Å². The minimum Gasteiger partial charge on any atom is -0.376 e. The molecule has 0 spiro atoms. The second-order valence-electron chi connectivity index (χ2n) is 6.55. The van der Waals surface area contributed by atoms with Crippen LogP contribution in [0.1, 0.15) is 18.4 Å². The van der Waals surface area contributed by atoms with Crippen molar-refractivity contribution in [2.45, 2.75) is 25.5 Å². The number of nitrogens with one attached hydrogen (secondary N) is 1. The third-order valence-corrected chi connectivity index (χ3v) is 4.88. The number of carbonyl (C=O) groups is 1. The molecular weight excluding hydrogens is 375 g/mol. The van der Waals surface area contributed by atoms with Gasteiger partial charge in [-0.15, -0.1) is 0 Å². The molecule has 6 nitrogen and oxygen atoms in total. The Balaban J connectivity index is 2.05. The normalized spacial score (nSPS) is 17.3. The Morgan fingerprint density at radius 1 is 1.31 bits per heavy atom. The highest BCUT2D eigenvalue weighted by Gasteiger charge is 2.17. The summed E-state index contributed by atoms with van der Waals surface area (Å²) in [5, 5.41) is 4.37. The number of halogens is 2. The lowest BCUT2D eigenvalue weighted by Crippen LogP contribution is -2.42. The Morgan fingerprint density at radius 2 is 2.08 bits per heavy atom. The standard InChI is InChI=1S/C18H26Cl2N4O2/c1-23(2)17(25)11-22-18(21-10-14-5-4-8-26-14)24(3)12-13-6-7-15(19)16(20)9-13/h6-7,9,14H,4-5,8,10-12H2,1-3H3,(H,21,22). The lowest BCUT2D eigenvalue weighted by atomic mass is 10.2. The first-order chi connectivity index (χ1) is 12.4. The Kier molecular flexibility index (Phi) is 8.00. The van der Waals surface area contributed by atoms with Gasteiger partial charge in [-0.25, -0.2) is 4.99 Å². The number of guanidine groups is 1. The third kappa shape index (κ3) is 6.34. The fraction of sp³-hybridized carbons (Fsp3) is 0.556. The van der Waals surface area contributed by atoms with Gasteiger partial charge in [0, 0.05) is 40.8 Å². The summed E-state index contributed by atoms with van der Waals surface area (Å²) in [6, 6.07) is 5.54. The number of aliphatic imine (C=N–C) groups is 1. The highest BCUT2D eigenvalue weighted by atomic mass is 35.5. The predicted octanol–water partition coefficient (Wildman–Crippen LogP) is 2.64. The molecule has 26 heavy (non-hydrogen) atoms.